The van der Waals surface area contributed by atoms with Crippen LogP contribution in [0.2, 0.25) is 0 Å². The lowest BCUT2D eigenvalue weighted by Crippen LogP contribution is -2.45. The van der Waals surface area contributed by atoms with E-state index < -0.39 is 12.1 Å². The molecule has 370 valence electrons. The Labute approximate surface area is 392 Å². The summed E-state index contributed by atoms with van der Waals surface area (Å²) in [5.41, 5.74) is 0. The smallest absolute Gasteiger partial charge is 0.305 e. The van der Waals surface area contributed by atoms with Gasteiger partial charge < -0.3 is 20.3 Å². The highest BCUT2D eigenvalue weighted by atomic mass is 16.5. The van der Waals surface area contributed by atoms with Crippen LogP contribution in [-0.4, -0.2) is 47.4 Å². The minimum Gasteiger partial charge on any atom is -0.466 e. The Hall–Kier alpha value is -1.92. The molecule has 2 unspecified atom stereocenters. The van der Waals surface area contributed by atoms with Crippen LogP contribution in [0.5, 0.6) is 0 Å². The number of aliphatic hydroxyl groups is 2. The summed E-state index contributed by atoms with van der Waals surface area (Å²) in [6.07, 6.45) is 64.1. The third-order valence-electron chi connectivity index (χ3n) is 12.7. The second-order valence-corrected chi connectivity index (χ2v) is 18.9. The highest BCUT2D eigenvalue weighted by molar-refractivity contribution is 5.76. The molecule has 0 saturated carbocycles. The van der Waals surface area contributed by atoms with E-state index in [9.17, 15) is 19.8 Å². The number of carbonyl (C=O) groups excluding carboxylic acids is 2. The number of rotatable bonds is 51. The second-order valence-electron chi connectivity index (χ2n) is 18.9. The van der Waals surface area contributed by atoms with E-state index in [0.29, 0.717) is 25.9 Å². The van der Waals surface area contributed by atoms with E-state index in [1.54, 1.807) is 0 Å². The molecule has 0 rings (SSSR count). The quantitative estimate of drug-likeness (QED) is 0.0321. The molecule has 0 saturated heterocycles. The van der Waals surface area contributed by atoms with Gasteiger partial charge in [0, 0.05) is 12.8 Å². The molecule has 2 atom stereocenters. The first-order chi connectivity index (χ1) is 31.0. The zero-order valence-corrected chi connectivity index (χ0v) is 42.1. The molecular weight excluding hydrogens is 779 g/mol. The fourth-order valence-corrected chi connectivity index (χ4v) is 8.37. The maximum atomic E-state index is 12.5. The largest absolute Gasteiger partial charge is 0.466 e. The molecule has 1 amide bonds. The van der Waals surface area contributed by atoms with Crippen molar-refractivity contribution in [1.82, 2.24) is 5.32 Å². The summed E-state index contributed by atoms with van der Waals surface area (Å²) in [6, 6.07) is -0.563. The number of unbranched alkanes of at least 4 members (excludes halogenated alkanes) is 34. The summed E-state index contributed by atoms with van der Waals surface area (Å²) >= 11 is 0. The molecule has 3 N–H and O–H groups in total. The average molecular weight is 886 g/mol. The van der Waals surface area contributed by atoms with E-state index >= 15 is 0 Å². The Bertz CT molecular complexity index is 1020. The van der Waals surface area contributed by atoms with Gasteiger partial charge in [-0.1, -0.05) is 230 Å². The van der Waals surface area contributed by atoms with Crippen molar-refractivity contribution in [3.05, 3.63) is 36.5 Å². The number of ether oxygens (including phenoxy) is 1. The Kier molecular flexibility index (Phi) is 51.1. The van der Waals surface area contributed by atoms with Crippen LogP contribution in [0.15, 0.2) is 36.5 Å². The van der Waals surface area contributed by atoms with Gasteiger partial charge >= 0.3 is 5.97 Å². The van der Waals surface area contributed by atoms with Gasteiger partial charge in [-0.15, -0.1) is 0 Å². The number of nitrogens with one attached hydrogen (secondary N) is 1. The number of amides is 1. The van der Waals surface area contributed by atoms with Crippen molar-refractivity contribution in [3.8, 4) is 0 Å². The van der Waals surface area contributed by atoms with E-state index in [4.69, 9.17) is 4.74 Å². The Morgan fingerprint density at radius 2 is 0.794 bits per heavy atom. The summed E-state index contributed by atoms with van der Waals surface area (Å²) in [7, 11) is 0. The summed E-state index contributed by atoms with van der Waals surface area (Å²) in [5.74, 6) is -0.0911. The number of allylic oxidation sites excluding steroid dienone is 6. The van der Waals surface area contributed by atoms with Gasteiger partial charge in [0.1, 0.15) is 0 Å². The van der Waals surface area contributed by atoms with Gasteiger partial charge in [0.05, 0.1) is 25.4 Å². The van der Waals surface area contributed by atoms with Crippen molar-refractivity contribution in [3.63, 3.8) is 0 Å². The molecule has 6 heteroatoms. The maximum Gasteiger partial charge on any atom is 0.305 e. The molecular formula is C57H107NO5. The number of hydrogen-bond acceptors (Lipinski definition) is 5. The number of carbonyl (C=O) groups is 2. The van der Waals surface area contributed by atoms with Crippen molar-refractivity contribution >= 4 is 11.9 Å². The van der Waals surface area contributed by atoms with Gasteiger partial charge in [0.15, 0.2) is 0 Å². The third kappa shape index (κ3) is 49.4. The molecule has 0 aromatic carbocycles. The lowest BCUT2D eigenvalue weighted by atomic mass is 10.0. The van der Waals surface area contributed by atoms with Crippen LogP contribution in [0.4, 0.5) is 0 Å². The lowest BCUT2D eigenvalue weighted by molar-refractivity contribution is -0.143. The van der Waals surface area contributed by atoms with E-state index in [1.807, 2.05) is 0 Å². The number of esters is 1. The third-order valence-corrected chi connectivity index (χ3v) is 12.7. The molecule has 0 fully saturated rings. The lowest BCUT2D eigenvalue weighted by Gasteiger charge is -2.22. The van der Waals surface area contributed by atoms with Crippen LogP contribution in [0.3, 0.4) is 0 Å². The summed E-state index contributed by atoms with van der Waals surface area (Å²) < 4.78 is 5.45. The van der Waals surface area contributed by atoms with Gasteiger partial charge in [-0.2, -0.15) is 0 Å². The van der Waals surface area contributed by atoms with Crippen molar-refractivity contribution in [2.24, 2.45) is 0 Å². The fourth-order valence-electron chi connectivity index (χ4n) is 8.37. The Morgan fingerprint density at radius 3 is 1.27 bits per heavy atom. The standard InChI is InChI=1S/C57H107NO5/c1-3-5-7-9-11-13-15-17-19-20-21-23-25-29-33-37-41-45-49-55(60)54(53-59)58-56(61)50-46-42-38-34-30-26-24-28-32-36-40-44-48-52-63-57(62)51-47-43-39-35-31-27-22-18-16-14-12-10-8-6-4-2/h12,14,18,22,26,30,54-55,59-60H,3-11,13,15-17,19-21,23-25,27-29,31-53H2,1-2H3,(H,58,61)/b14-12-,22-18-,30-26-. The average Bonchev–Trinajstić information content (AvgIpc) is 3.28. The summed E-state index contributed by atoms with van der Waals surface area (Å²) in [5, 5.41) is 23.3. The molecule has 0 aliphatic rings. The van der Waals surface area contributed by atoms with Gasteiger partial charge in [-0.3, -0.25) is 9.59 Å². The van der Waals surface area contributed by atoms with Gasteiger partial charge in [0.2, 0.25) is 5.91 Å². The van der Waals surface area contributed by atoms with Gasteiger partial charge in [-0.25, -0.2) is 0 Å². The van der Waals surface area contributed by atoms with Crippen molar-refractivity contribution in [2.75, 3.05) is 13.2 Å². The summed E-state index contributed by atoms with van der Waals surface area (Å²) in [6.45, 7) is 4.88. The molecule has 0 aliphatic heterocycles. The van der Waals surface area contributed by atoms with E-state index in [-0.39, 0.29) is 18.5 Å². The van der Waals surface area contributed by atoms with Crippen LogP contribution in [-0.2, 0) is 14.3 Å². The van der Waals surface area contributed by atoms with Crippen LogP contribution < -0.4 is 5.32 Å². The summed E-state index contributed by atoms with van der Waals surface area (Å²) in [4.78, 5) is 24.5. The number of aliphatic hydroxyl groups excluding tert-OH is 2. The minimum absolute atomic E-state index is 0.0266. The fraction of sp³-hybridized carbons (Fsp3) is 0.860. The minimum atomic E-state index is -0.683. The Morgan fingerprint density at radius 1 is 0.444 bits per heavy atom. The monoisotopic (exact) mass is 886 g/mol. The van der Waals surface area contributed by atoms with Crippen LogP contribution in [0.25, 0.3) is 0 Å². The SMILES string of the molecule is CCCCC/C=C\C/C=C\CCCCCCCC(=O)OCCCCCCCC/C=C\CCCCCC(=O)NC(CO)C(O)CCCCCCCCCCCCCCCCCCCC. The van der Waals surface area contributed by atoms with Gasteiger partial charge in [-0.05, 0) is 83.5 Å². The zero-order chi connectivity index (χ0) is 45.8. The highest BCUT2D eigenvalue weighted by Crippen LogP contribution is 2.16. The molecule has 0 heterocycles. The van der Waals surface area contributed by atoms with Crippen LogP contribution in [0, 0.1) is 0 Å². The Balaban J connectivity index is 3.51. The maximum absolute atomic E-state index is 12.5. The first kappa shape index (κ1) is 61.1. The number of hydrogen-bond donors (Lipinski definition) is 3. The molecule has 0 radical (unpaired) electrons. The topological polar surface area (TPSA) is 95.9 Å². The molecule has 0 aromatic heterocycles. The van der Waals surface area contributed by atoms with Crippen LogP contribution >= 0.6 is 0 Å². The molecule has 0 spiro atoms. The first-order valence-corrected chi connectivity index (χ1v) is 27.7. The van der Waals surface area contributed by atoms with E-state index in [2.05, 4.69) is 55.6 Å². The second kappa shape index (κ2) is 52.7. The van der Waals surface area contributed by atoms with Crippen molar-refractivity contribution in [1.29, 1.82) is 0 Å². The van der Waals surface area contributed by atoms with Crippen LogP contribution in [0.1, 0.15) is 290 Å². The van der Waals surface area contributed by atoms with E-state index in [1.165, 1.54) is 173 Å². The van der Waals surface area contributed by atoms with E-state index in [0.717, 1.165) is 83.5 Å². The zero-order valence-electron chi connectivity index (χ0n) is 42.1. The molecule has 0 aromatic rings. The molecule has 0 bridgehead atoms. The van der Waals surface area contributed by atoms with Crippen molar-refractivity contribution in [2.45, 2.75) is 302 Å². The molecule has 63 heavy (non-hydrogen) atoms. The van der Waals surface area contributed by atoms with Crippen molar-refractivity contribution < 1.29 is 24.5 Å². The molecule has 6 nitrogen and oxygen atoms in total. The first-order valence-electron chi connectivity index (χ1n) is 27.7. The predicted molar refractivity (Wildman–Crippen MR) is 273 cm³/mol. The molecule has 0 aliphatic carbocycles. The highest BCUT2D eigenvalue weighted by Gasteiger charge is 2.20. The predicted octanol–water partition coefficient (Wildman–Crippen LogP) is 16.9. The normalized spacial score (nSPS) is 12.9. The van der Waals surface area contributed by atoms with Gasteiger partial charge in [0.25, 0.3) is 0 Å².